The molecule has 0 atom stereocenters. The summed E-state index contributed by atoms with van der Waals surface area (Å²) in [7, 11) is 0. The molecular formula is C18H17ClN2O2. The lowest BCUT2D eigenvalue weighted by Gasteiger charge is -2.16. The lowest BCUT2D eigenvalue weighted by molar-refractivity contribution is 0.338. The topological polar surface area (TPSA) is 44.1 Å². The molecule has 5 heteroatoms. The summed E-state index contributed by atoms with van der Waals surface area (Å²) >= 11 is 6.07. The number of hydrogen-bond donors (Lipinski definition) is 0. The number of fused-ring (bicyclic) bond motifs is 1. The van der Waals surface area contributed by atoms with Gasteiger partial charge < -0.3 is 4.74 Å². The lowest BCUT2D eigenvalue weighted by atomic mass is 10.1. The Balaban J connectivity index is 2.38. The van der Waals surface area contributed by atoms with Gasteiger partial charge in [0.05, 0.1) is 29.1 Å². The Morgan fingerprint density at radius 2 is 1.96 bits per heavy atom. The van der Waals surface area contributed by atoms with Crippen molar-refractivity contribution in [1.29, 1.82) is 0 Å². The van der Waals surface area contributed by atoms with Crippen molar-refractivity contribution < 1.29 is 4.74 Å². The first-order valence-electron chi connectivity index (χ1n) is 7.46. The standard InChI is InChI=1S/C18H17ClN2O2/c1-3-23-15-10-5-4-9-14(15)21-16(11-19)20-17-12(2)7-6-8-13(17)18(21)22/h4-10H,3,11H2,1-2H3. The molecule has 4 nitrogen and oxygen atoms in total. The van der Waals surface area contributed by atoms with Gasteiger partial charge in [-0.2, -0.15) is 0 Å². The fraction of sp³-hybridized carbons (Fsp3) is 0.222. The van der Waals surface area contributed by atoms with E-state index >= 15 is 0 Å². The second-order valence-electron chi connectivity index (χ2n) is 5.17. The molecule has 1 heterocycles. The molecule has 0 bridgehead atoms. The second-order valence-corrected chi connectivity index (χ2v) is 5.44. The molecule has 0 radical (unpaired) electrons. The minimum Gasteiger partial charge on any atom is -0.492 e. The molecule has 23 heavy (non-hydrogen) atoms. The van der Waals surface area contributed by atoms with Crippen LogP contribution < -0.4 is 10.3 Å². The van der Waals surface area contributed by atoms with Gasteiger partial charge in [-0.15, -0.1) is 11.6 Å². The predicted molar refractivity (Wildman–Crippen MR) is 92.8 cm³/mol. The van der Waals surface area contributed by atoms with Gasteiger partial charge in [0.1, 0.15) is 11.6 Å². The van der Waals surface area contributed by atoms with Crippen LogP contribution in [0.3, 0.4) is 0 Å². The van der Waals surface area contributed by atoms with Crippen LogP contribution in [0.1, 0.15) is 18.3 Å². The molecule has 0 aliphatic heterocycles. The molecule has 3 rings (SSSR count). The highest BCUT2D eigenvalue weighted by atomic mass is 35.5. The number of hydrogen-bond acceptors (Lipinski definition) is 3. The van der Waals surface area contributed by atoms with Crippen LogP contribution in [0.2, 0.25) is 0 Å². The summed E-state index contributed by atoms with van der Waals surface area (Å²) in [6.45, 7) is 4.36. The number of halogens is 1. The van der Waals surface area contributed by atoms with Crippen molar-refractivity contribution >= 4 is 22.5 Å². The summed E-state index contributed by atoms with van der Waals surface area (Å²) in [4.78, 5) is 17.6. The second kappa shape index (κ2) is 6.42. The summed E-state index contributed by atoms with van der Waals surface area (Å²) < 4.78 is 7.19. The van der Waals surface area contributed by atoms with Crippen LogP contribution in [0.4, 0.5) is 0 Å². The van der Waals surface area contributed by atoms with Crippen LogP contribution in [0.25, 0.3) is 16.6 Å². The normalized spacial score (nSPS) is 10.9. The summed E-state index contributed by atoms with van der Waals surface area (Å²) in [6.07, 6.45) is 0. The monoisotopic (exact) mass is 328 g/mol. The van der Waals surface area contributed by atoms with E-state index in [4.69, 9.17) is 16.3 Å². The van der Waals surface area contributed by atoms with Gasteiger partial charge in [0.25, 0.3) is 5.56 Å². The predicted octanol–water partition coefficient (Wildman–Crippen LogP) is 3.83. The van der Waals surface area contributed by atoms with Crippen molar-refractivity contribution in [2.24, 2.45) is 0 Å². The molecule has 0 aliphatic carbocycles. The molecule has 0 unspecified atom stereocenters. The van der Waals surface area contributed by atoms with E-state index in [0.29, 0.717) is 34.8 Å². The van der Waals surface area contributed by atoms with E-state index in [-0.39, 0.29) is 11.4 Å². The maximum Gasteiger partial charge on any atom is 0.266 e. The third kappa shape index (κ3) is 2.70. The van der Waals surface area contributed by atoms with Crippen molar-refractivity contribution in [3.8, 4) is 11.4 Å². The first-order valence-corrected chi connectivity index (χ1v) is 8.00. The van der Waals surface area contributed by atoms with Crippen molar-refractivity contribution in [3.63, 3.8) is 0 Å². The molecule has 0 saturated carbocycles. The highest BCUT2D eigenvalue weighted by molar-refractivity contribution is 6.16. The average molecular weight is 329 g/mol. The molecule has 3 aromatic rings. The number of ether oxygens (including phenoxy) is 1. The zero-order valence-electron chi connectivity index (χ0n) is 13.0. The zero-order chi connectivity index (χ0) is 16.4. The Kier molecular flexibility index (Phi) is 4.35. The largest absolute Gasteiger partial charge is 0.492 e. The number of aromatic nitrogens is 2. The van der Waals surface area contributed by atoms with Gasteiger partial charge >= 0.3 is 0 Å². The van der Waals surface area contributed by atoms with Gasteiger partial charge in [-0.3, -0.25) is 9.36 Å². The minimum absolute atomic E-state index is 0.137. The number of nitrogens with zero attached hydrogens (tertiary/aromatic N) is 2. The zero-order valence-corrected chi connectivity index (χ0v) is 13.8. The molecule has 0 aliphatic rings. The Morgan fingerprint density at radius 3 is 2.70 bits per heavy atom. The first kappa shape index (κ1) is 15.6. The SMILES string of the molecule is CCOc1ccccc1-n1c(CCl)nc2c(C)cccc2c1=O. The summed E-state index contributed by atoms with van der Waals surface area (Å²) in [6, 6.07) is 13.0. The van der Waals surface area contributed by atoms with E-state index in [1.54, 1.807) is 10.6 Å². The molecular weight excluding hydrogens is 312 g/mol. The van der Waals surface area contributed by atoms with Crippen LogP contribution >= 0.6 is 11.6 Å². The molecule has 2 aromatic carbocycles. The Morgan fingerprint density at radius 1 is 1.17 bits per heavy atom. The van der Waals surface area contributed by atoms with Gasteiger partial charge in [-0.25, -0.2) is 4.98 Å². The van der Waals surface area contributed by atoms with E-state index in [0.717, 1.165) is 5.56 Å². The van der Waals surface area contributed by atoms with Gasteiger partial charge in [-0.1, -0.05) is 24.3 Å². The maximum absolute atomic E-state index is 13.0. The molecule has 0 fully saturated rings. The number of alkyl halides is 1. The Labute approximate surface area is 139 Å². The van der Waals surface area contributed by atoms with Gasteiger partial charge in [0, 0.05) is 0 Å². The third-order valence-electron chi connectivity index (χ3n) is 3.70. The van der Waals surface area contributed by atoms with Crippen LogP contribution in [0.5, 0.6) is 5.75 Å². The van der Waals surface area contributed by atoms with Crippen LogP contribution in [-0.2, 0) is 5.88 Å². The fourth-order valence-corrected chi connectivity index (χ4v) is 2.83. The molecule has 0 spiro atoms. The smallest absolute Gasteiger partial charge is 0.266 e. The van der Waals surface area contributed by atoms with E-state index in [2.05, 4.69) is 4.98 Å². The van der Waals surface area contributed by atoms with Crippen molar-refractivity contribution in [2.45, 2.75) is 19.7 Å². The summed E-state index contributed by atoms with van der Waals surface area (Å²) in [5.74, 6) is 1.28. The fourth-order valence-electron chi connectivity index (χ4n) is 2.65. The first-order chi connectivity index (χ1) is 11.2. The van der Waals surface area contributed by atoms with E-state index < -0.39 is 0 Å². The quantitative estimate of drug-likeness (QED) is 0.684. The molecule has 0 saturated heterocycles. The van der Waals surface area contributed by atoms with Crippen LogP contribution in [0.15, 0.2) is 47.3 Å². The van der Waals surface area contributed by atoms with Crippen molar-refractivity contribution in [3.05, 3.63) is 64.2 Å². The molecule has 0 N–H and O–H groups in total. The van der Waals surface area contributed by atoms with Crippen LogP contribution in [0, 0.1) is 6.92 Å². The van der Waals surface area contributed by atoms with E-state index in [1.807, 2.05) is 50.2 Å². The van der Waals surface area contributed by atoms with Crippen LogP contribution in [-0.4, -0.2) is 16.2 Å². The highest BCUT2D eigenvalue weighted by Gasteiger charge is 2.16. The number of benzene rings is 2. The third-order valence-corrected chi connectivity index (χ3v) is 3.93. The lowest BCUT2D eigenvalue weighted by Crippen LogP contribution is -2.24. The summed E-state index contributed by atoms with van der Waals surface area (Å²) in [5.41, 5.74) is 2.17. The maximum atomic E-state index is 13.0. The average Bonchev–Trinajstić information content (AvgIpc) is 2.57. The number of rotatable bonds is 4. The van der Waals surface area contributed by atoms with Gasteiger partial charge in [0.15, 0.2) is 0 Å². The minimum atomic E-state index is -0.137. The number of para-hydroxylation sites is 3. The van der Waals surface area contributed by atoms with E-state index in [9.17, 15) is 4.79 Å². The van der Waals surface area contributed by atoms with Gasteiger partial charge in [0.2, 0.25) is 0 Å². The highest BCUT2D eigenvalue weighted by Crippen LogP contribution is 2.24. The van der Waals surface area contributed by atoms with Gasteiger partial charge in [-0.05, 0) is 37.6 Å². The Hall–Kier alpha value is -2.33. The summed E-state index contributed by atoms with van der Waals surface area (Å²) in [5, 5.41) is 0.574. The number of aryl methyl sites for hydroxylation is 1. The van der Waals surface area contributed by atoms with E-state index in [1.165, 1.54) is 0 Å². The molecule has 118 valence electrons. The van der Waals surface area contributed by atoms with Crippen molar-refractivity contribution in [2.75, 3.05) is 6.61 Å². The Bertz CT molecular complexity index is 919. The molecule has 1 aromatic heterocycles. The van der Waals surface area contributed by atoms with Crippen molar-refractivity contribution in [1.82, 2.24) is 9.55 Å². The molecule has 0 amide bonds.